The highest BCUT2D eigenvalue weighted by Crippen LogP contribution is 2.29. The van der Waals surface area contributed by atoms with Crippen molar-refractivity contribution < 1.29 is 13.2 Å². The molecule has 31 heavy (non-hydrogen) atoms. The fraction of sp³-hybridized carbons (Fsp3) is 0.0909. The van der Waals surface area contributed by atoms with Gasteiger partial charge >= 0.3 is 0 Å². The standard InChI is InChI=1S/C22H17Cl2N3O3S/c23-17-12-18(24)14-20(13-17)27(31(29,30)21-4-2-1-3-5-21)15-22(28)26-19-8-6-16(7-9-19)10-11-25/h1-9,12-14H,10,15H2,(H,26,28). The van der Waals surface area contributed by atoms with Crippen molar-refractivity contribution in [1.82, 2.24) is 0 Å². The van der Waals surface area contributed by atoms with Crippen LogP contribution >= 0.6 is 23.2 Å². The van der Waals surface area contributed by atoms with Crippen molar-refractivity contribution in [2.45, 2.75) is 11.3 Å². The van der Waals surface area contributed by atoms with Crippen molar-refractivity contribution in [2.75, 3.05) is 16.2 Å². The molecule has 6 nitrogen and oxygen atoms in total. The minimum Gasteiger partial charge on any atom is -0.325 e. The normalized spacial score (nSPS) is 10.9. The molecule has 0 fully saturated rings. The summed E-state index contributed by atoms with van der Waals surface area (Å²) in [5.74, 6) is -0.552. The molecule has 0 radical (unpaired) electrons. The third-order valence-electron chi connectivity index (χ3n) is 4.27. The Morgan fingerprint density at radius 3 is 2.16 bits per heavy atom. The summed E-state index contributed by atoms with van der Waals surface area (Å²) in [6, 6.07) is 20.9. The van der Waals surface area contributed by atoms with E-state index in [1.165, 1.54) is 30.3 Å². The van der Waals surface area contributed by atoms with Crippen LogP contribution in [0.5, 0.6) is 0 Å². The van der Waals surface area contributed by atoms with Gasteiger partial charge in [0.05, 0.1) is 23.1 Å². The van der Waals surface area contributed by atoms with E-state index in [1.807, 2.05) is 6.07 Å². The van der Waals surface area contributed by atoms with Crippen LogP contribution in [0.25, 0.3) is 0 Å². The molecule has 3 aromatic carbocycles. The molecule has 1 amide bonds. The van der Waals surface area contributed by atoms with Crippen LogP contribution in [0.1, 0.15) is 5.56 Å². The van der Waals surface area contributed by atoms with E-state index >= 15 is 0 Å². The van der Waals surface area contributed by atoms with Gasteiger partial charge in [0.2, 0.25) is 5.91 Å². The number of sulfonamides is 1. The van der Waals surface area contributed by atoms with Crippen LogP contribution in [0.2, 0.25) is 10.0 Å². The van der Waals surface area contributed by atoms with Crippen LogP contribution < -0.4 is 9.62 Å². The number of benzene rings is 3. The van der Waals surface area contributed by atoms with Gasteiger partial charge in [-0.3, -0.25) is 9.10 Å². The maximum Gasteiger partial charge on any atom is 0.264 e. The highest BCUT2D eigenvalue weighted by Gasteiger charge is 2.27. The molecular formula is C22H17Cl2N3O3S. The van der Waals surface area contributed by atoms with Crippen LogP contribution in [-0.2, 0) is 21.2 Å². The summed E-state index contributed by atoms with van der Waals surface area (Å²) in [6.45, 7) is -0.492. The first kappa shape index (κ1) is 22.6. The number of nitriles is 1. The Morgan fingerprint density at radius 1 is 0.968 bits per heavy atom. The van der Waals surface area contributed by atoms with Crippen molar-refractivity contribution in [3.8, 4) is 6.07 Å². The van der Waals surface area contributed by atoms with Gasteiger partial charge < -0.3 is 5.32 Å². The minimum atomic E-state index is -4.07. The highest BCUT2D eigenvalue weighted by atomic mass is 35.5. The molecule has 3 rings (SSSR count). The zero-order valence-electron chi connectivity index (χ0n) is 16.1. The number of carbonyl (C=O) groups excluding carboxylic acids is 1. The number of rotatable bonds is 7. The first-order chi connectivity index (χ1) is 14.8. The molecule has 9 heteroatoms. The van der Waals surface area contributed by atoms with Gasteiger partial charge in [-0.2, -0.15) is 5.26 Å². The number of anilines is 2. The summed E-state index contributed by atoms with van der Waals surface area (Å²) in [4.78, 5) is 12.7. The maximum atomic E-state index is 13.3. The number of amides is 1. The van der Waals surface area contributed by atoms with E-state index in [9.17, 15) is 13.2 Å². The number of carbonyl (C=O) groups is 1. The topological polar surface area (TPSA) is 90.3 Å². The predicted octanol–water partition coefficient (Wildman–Crippen LogP) is 4.89. The van der Waals surface area contributed by atoms with Crippen LogP contribution in [0, 0.1) is 11.3 Å². The summed E-state index contributed by atoms with van der Waals surface area (Å²) in [6.07, 6.45) is 0.257. The summed E-state index contributed by atoms with van der Waals surface area (Å²) in [5.41, 5.74) is 1.45. The zero-order valence-corrected chi connectivity index (χ0v) is 18.5. The first-order valence-corrected chi connectivity index (χ1v) is 11.3. The van der Waals surface area contributed by atoms with Gasteiger partial charge in [-0.15, -0.1) is 0 Å². The molecule has 0 aliphatic rings. The summed E-state index contributed by atoms with van der Waals surface area (Å²) >= 11 is 12.1. The van der Waals surface area contributed by atoms with E-state index in [2.05, 4.69) is 5.32 Å². The number of hydrogen-bond donors (Lipinski definition) is 1. The van der Waals surface area contributed by atoms with Gasteiger partial charge in [-0.1, -0.05) is 53.5 Å². The molecule has 1 N–H and O–H groups in total. The van der Waals surface area contributed by atoms with E-state index in [4.69, 9.17) is 28.5 Å². The van der Waals surface area contributed by atoms with Gasteiger partial charge in [0.25, 0.3) is 10.0 Å². The van der Waals surface area contributed by atoms with Gasteiger partial charge in [-0.05, 0) is 48.0 Å². The fourth-order valence-electron chi connectivity index (χ4n) is 2.85. The number of nitrogens with zero attached hydrogens (tertiary/aromatic N) is 2. The monoisotopic (exact) mass is 473 g/mol. The lowest BCUT2D eigenvalue weighted by Gasteiger charge is -2.24. The molecule has 0 heterocycles. The van der Waals surface area contributed by atoms with Gasteiger partial charge in [-0.25, -0.2) is 8.42 Å². The number of nitrogens with one attached hydrogen (secondary N) is 1. The lowest BCUT2D eigenvalue weighted by Crippen LogP contribution is -2.38. The Hall–Kier alpha value is -3.05. The summed E-state index contributed by atoms with van der Waals surface area (Å²) in [7, 11) is -4.07. The average molecular weight is 474 g/mol. The molecule has 0 saturated heterocycles. The second-order valence-electron chi connectivity index (χ2n) is 6.53. The SMILES string of the molecule is N#CCc1ccc(NC(=O)CN(c2cc(Cl)cc(Cl)c2)S(=O)(=O)c2ccccc2)cc1. The molecule has 0 bridgehead atoms. The van der Waals surface area contributed by atoms with Crippen molar-refractivity contribution in [2.24, 2.45) is 0 Å². The zero-order chi connectivity index (χ0) is 22.4. The van der Waals surface area contributed by atoms with Crippen LogP contribution in [-0.4, -0.2) is 20.9 Å². The number of halogens is 2. The lowest BCUT2D eigenvalue weighted by atomic mass is 10.1. The molecular weight excluding hydrogens is 457 g/mol. The lowest BCUT2D eigenvalue weighted by molar-refractivity contribution is -0.114. The third kappa shape index (κ3) is 5.76. The largest absolute Gasteiger partial charge is 0.325 e. The van der Waals surface area contributed by atoms with E-state index < -0.39 is 22.5 Å². The second-order valence-corrected chi connectivity index (χ2v) is 9.27. The molecule has 0 unspecified atom stereocenters. The average Bonchev–Trinajstić information content (AvgIpc) is 2.73. The molecule has 0 spiro atoms. The maximum absolute atomic E-state index is 13.3. The summed E-state index contributed by atoms with van der Waals surface area (Å²) < 4.78 is 27.5. The molecule has 0 aliphatic carbocycles. The highest BCUT2D eigenvalue weighted by molar-refractivity contribution is 7.92. The van der Waals surface area contributed by atoms with E-state index in [0.29, 0.717) is 5.69 Å². The Kier molecular flexibility index (Phi) is 7.18. The van der Waals surface area contributed by atoms with Gasteiger partial charge in [0.15, 0.2) is 0 Å². The second kappa shape index (κ2) is 9.84. The van der Waals surface area contributed by atoms with Gasteiger partial charge in [0.1, 0.15) is 6.54 Å². The van der Waals surface area contributed by atoms with Crippen molar-refractivity contribution in [1.29, 1.82) is 5.26 Å². The van der Waals surface area contributed by atoms with Crippen LogP contribution in [0.15, 0.2) is 77.7 Å². The molecule has 0 atom stereocenters. The van der Waals surface area contributed by atoms with Crippen LogP contribution in [0.3, 0.4) is 0 Å². The van der Waals surface area contributed by atoms with Crippen LogP contribution in [0.4, 0.5) is 11.4 Å². The first-order valence-electron chi connectivity index (χ1n) is 9.09. The van der Waals surface area contributed by atoms with Crippen molar-refractivity contribution in [3.63, 3.8) is 0 Å². The fourth-order valence-corrected chi connectivity index (χ4v) is 4.79. The predicted molar refractivity (Wildman–Crippen MR) is 122 cm³/mol. The molecule has 0 aliphatic heterocycles. The Morgan fingerprint density at radius 2 is 1.58 bits per heavy atom. The Balaban J connectivity index is 1.91. The smallest absolute Gasteiger partial charge is 0.264 e. The van der Waals surface area contributed by atoms with E-state index in [1.54, 1.807) is 42.5 Å². The van der Waals surface area contributed by atoms with E-state index in [0.717, 1.165) is 9.87 Å². The molecule has 158 valence electrons. The summed E-state index contributed by atoms with van der Waals surface area (Å²) in [5, 5.41) is 11.9. The molecule has 0 saturated carbocycles. The van der Waals surface area contributed by atoms with E-state index in [-0.39, 0.29) is 27.0 Å². The Bertz CT molecular complexity index is 1200. The number of hydrogen-bond acceptors (Lipinski definition) is 4. The molecule has 0 aromatic heterocycles. The quantitative estimate of drug-likeness (QED) is 0.528. The van der Waals surface area contributed by atoms with Crippen molar-refractivity contribution >= 4 is 50.5 Å². The van der Waals surface area contributed by atoms with Crippen molar-refractivity contribution in [3.05, 3.63) is 88.4 Å². The van der Waals surface area contributed by atoms with Gasteiger partial charge in [0, 0.05) is 15.7 Å². The minimum absolute atomic E-state index is 0.0276. The third-order valence-corrected chi connectivity index (χ3v) is 6.50. The Labute approximate surface area is 190 Å². The molecule has 3 aromatic rings.